The van der Waals surface area contributed by atoms with Crippen molar-refractivity contribution in [2.45, 2.75) is 102 Å². The third-order valence-corrected chi connectivity index (χ3v) is 6.69. The lowest BCUT2D eigenvalue weighted by atomic mass is 9.86. The summed E-state index contributed by atoms with van der Waals surface area (Å²) in [5, 5.41) is 8.87. The van der Waals surface area contributed by atoms with Crippen LogP contribution in [0.2, 0.25) is 0 Å². The van der Waals surface area contributed by atoms with E-state index >= 15 is 0 Å². The highest BCUT2D eigenvalue weighted by atomic mass is 15.3. The number of hydrogen-bond acceptors (Lipinski definition) is 2. The molecule has 1 aromatic rings. The summed E-state index contributed by atoms with van der Waals surface area (Å²) < 4.78 is 2.46. The molecule has 0 bridgehead atoms. The lowest BCUT2D eigenvalue weighted by Crippen LogP contribution is -2.26. The minimum Gasteiger partial charge on any atom is -0.312 e. The predicted octanol–water partition coefficient (Wildman–Crippen LogP) is 4.94. The highest BCUT2D eigenvalue weighted by Gasteiger charge is 2.27. The number of nitrogens with zero attached hydrogens (tertiary/aromatic N) is 2. The summed E-state index contributed by atoms with van der Waals surface area (Å²) in [6.45, 7) is 3.38. The van der Waals surface area contributed by atoms with Crippen LogP contribution < -0.4 is 5.32 Å². The van der Waals surface area contributed by atoms with Crippen LogP contribution in [0.15, 0.2) is 0 Å². The molecule has 2 saturated carbocycles. The third kappa shape index (κ3) is 3.71. The SMILES string of the molecule is C1CCCC(c2nn(CC3CCCCC3)c3c2CNCC3)CCC1. The van der Waals surface area contributed by atoms with Crippen LogP contribution >= 0.6 is 0 Å². The third-order valence-electron chi connectivity index (χ3n) is 6.69. The van der Waals surface area contributed by atoms with E-state index in [0.717, 1.165) is 24.9 Å². The van der Waals surface area contributed by atoms with Gasteiger partial charge in [-0.1, -0.05) is 51.4 Å². The molecule has 2 aliphatic carbocycles. The second-order valence-electron chi connectivity index (χ2n) is 8.47. The quantitative estimate of drug-likeness (QED) is 0.851. The van der Waals surface area contributed by atoms with Crippen molar-refractivity contribution in [2.24, 2.45) is 5.92 Å². The maximum atomic E-state index is 5.26. The standard InChI is InChI=1S/C21H35N3/c1-2-7-11-18(12-8-3-1)21-19-15-22-14-13-20(19)24(23-21)16-17-9-5-4-6-10-17/h17-18,22H,1-16H2. The highest BCUT2D eigenvalue weighted by molar-refractivity contribution is 5.31. The Hall–Kier alpha value is -0.830. The van der Waals surface area contributed by atoms with E-state index in [1.807, 2.05) is 0 Å². The molecule has 1 N–H and O–H groups in total. The minimum atomic E-state index is 0.728. The second-order valence-corrected chi connectivity index (χ2v) is 8.47. The first-order valence-electron chi connectivity index (χ1n) is 10.7. The first-order chi connectivity index (χ1) is 11.9. The van der Waals surface area contributed by atoms with Gasteiger partial charge in [0.05, 0.1) is 5.69 Å². The Bertz CT molecular complexity index is 519. The van der Waals surface area contributed by atoms with E-state index in [0.29, 0.717) is 0 Å². The van der Waals surface area contributed by atoms with Gasteiger partial charge in [-0.05, 0) is 31.6 Å². The lowest BCUT2D eigenvalue weighted by molar-refractivity contribution is 0.302. The van der Waals surface area contributed by atoms with Crippen LogP contribution in [0.3, 0.4) is 0 Å². The Morgan fingerprint density at radius 2 is 1.54 bits per heavy atom. The van der Waals surface area contributed by atoms with Crippen LogP contribution in [0.1, 0.15) is 99.9 Å². The molecule has 1 aromatic heterocycles. The van der Waals surface area contributed by atoms with Crippen molar-refractivity contribution in [2.75, 3.05) is 6.54 Å². The van der Waals surface area contributed by atoms with Crippen molar-refractivity contribution >= 4 is 0 Å². The molecule has 24 heavy (non-hydrogen) atoms. The normalized spacial score (nSPS) is 24.3. The van der Waals surface area contributed by atoms with Gasteiger partial charge in [0.2, 0.25) is 0 Å². The van der Waals surface area contributed by atoms with Crippen LogP contribution in [0.5, 0.6) is 0 Å². The van der Waals surface area contributed by atoms with Crippen molar-refractivity contribution in [3.8, 4) is 0 Å². The summed E-state index contributed by atoms with van der Waals surface area (Å²) in [5.74, 6) is 1.61. The maximum Gasteiger partial charge on any atom is 0.0703 e. The molecular formula is C21H35N3. The topological polar surface area (TPSA) is 29.9 Å². The molecule has 0 radical (unpaired) electrons. The van der Waals surface area contributed by atoms with E-state index in [2.05, 4.69) is 10.00 Å². The average Bonchev–Trinajstić information content (AvgIpc) is 2.95. The molecule has 2 fully saturated rings. The van der Waals surface area contributed by atoms with E-state index in [9.17, 15) is 0 Å². The molecule has 3 heteroatoms. The highest BCUT2D eigenvalue weighted by Crippen LogP contribution is 2.35. The molecule has 4 rings (SSSR count). The number of hydrogen-bond donors (Lipinski definition) is 1. The number of rotatable bonds is 3. The summed E-state index contributed by atoms with van der Waals surface area (Å²) in [6, 6.07) is 0. The molecular weight excluding hydrogens is 294 g/mol. The summed E-state index contributed by atoms with van der Waals surface area (Å²) >= 11 is 0. The molecule has 2 heterocycles. The minimum absolute atomic E-state index is 0.728. The van der Waals surface area contributed by atoms with E-state index < -0.39 is 0 Å². The van der Waals surface area contributed by atoms with Crippen molar-refractivity contribution in [1.82, 2.24) is 15.1 Å². The van der Waals surface area contributed by atoms with E-state index in [1.54, 1.807) is 11.3 Å². The summed E-state index contributed by atoms with van der Waals surface area (Å²) in [4.78, 5) is 0. The van der Waals surface area contributed by atoms with Crippen LogP contribution in [-0.2, 0) is 19.5 Å². The van der Waals surface area contributed by atoms with Gasteiger partial charge < -0.3 is 5.32 Å². The van der Waals surface area contributed by atoms with Crippen molar-refractivity contribution in [3.05, 3.63) is 17.0 Å². The van der Waals surface area contributed by atoms with Gasteiger partial charge in [-0.25, -0.2) is 0 Å². The summed E-state index contributed by atoms with van der Waals surface area (Å²) in [6.07, 6.45) is 18.2. The van der Waals surface area contributed by atoms with Crippen molar-refractivity contribution < 1.29 is 0 Å². The van der Waals surface area contributed by atoms with Crippen molar-refractivity contribution in [1.29, 1.82) is 0 Å². The molecule has 1 aliphatic heterocycles. The Morgan fingerprint density at radius 1 is 0.875 bits per heavy atom. The van der Waals surface area contributed by atoms with E-state index in [-0.39, 0.29) is 0 Å². The Kier molecular flexibility index (Phi) is 5.57. The number of aromatic nitrogens is 2. The first-order valence-corrected chi connectivity index (χ1v) is 10.7. The van der Waals surface area contributed by atoms with E-state index in [4.69, 9.17) is 5.10 Å². The zero-order chi connectivity index (χ0) is 16.2. The fourth-order valence-electron chi connectivity index (χ4n) is 5.27. The van der Waals surface area contributed by atoms with Gasteiger partial charge in [-0.3, -0.25) is 4.68 Å². The fourth-order valence-corrected chi connectivity index (χ4v) is 5.27. The van der Waals surface area contributed by atoms with Gasteiger partial charge in [0, 0.05) is 43.2 Å². The van der Waals surface area contributed by atoms with Gasteiger partial charge in [0.25, 0.3) is 0 Å². The maximum absolute atomic E-state index is 5.26. The van der Waals surface area contributed by atoms with Gasteiger partial charge in [0.1, 0.15) is 0 Å². The molecule has 134 valence electrons. The van der Waals surface area contributed by atoms with Gasteiger partial charge >= 0.3 is 0 Å². The summed E-state index contributed by atoms with van der Waals surface area (Å²) in [5.41, 5.74) is 4.65. The van der Waals surface area contributed by atoms with Gasteiger partial charge in [0.15, 0.2) is 0 Å². The second kappa shape index (κ2) is 8.03. The largest absolute Gasteiger partial charge is 0.312 e. The van der Waals surface area contributed by atoms with Gasteiger partial charge in [-0.15, -0.1) is 0 Å². The molecule has 3 nitrogen and oxygen atoms in total. The molecule has 0 aromatic carbocycles. The van der Waals surface area contributed by atoms with Gasteiger partial charge in [-0.2, -0.15) is 5.10 Å². The Labute approximate surface area is 147 Å². The molecule has 0 amide bonds. The van der Waals surface area contributed by atoms with Crippen LogP contribution in [0.4, 0.5) is 0 Å². The summed E-state index contributed by atoms with van der Waals surface area (Å²) in [7, 11) is 0. The molecule has 0 unspecified atom stereocenters. The molecule has 0 atom stereocenters. The zero-order valence-electron chi connectivity index (χ0n) is 15.4. The molecule has 3 aliphatic rings. The number of nitrogens with one attached hydrogen (secondary N) is 1. The Balaban J connectivity index is 1.56. The first kappa shape index (κ1) is 16.6. The van der Waals surface area contributed by atoms with Crippen LogP contribution in [0, 0.1) is 5.92 Å². The monoisotopic (exact) mass is 329 g/mol. The van der Waals surface area contributed by atoms with Crippen LogP contribution in [0.25, 0.3) is 0 Å². The van der Waals surface area contributed by atoms with E-state index in [1.165, 1.54) is 95.7 Å². The lowest BCUT2D eigenvalue weighted by Gasteiger charge is -2.23. The number of fused-ring (bicyclic) bond motifs is 1. The smallest absolute Gasteiger partial charge is 0.0703 e. The predicted molar refractivity (Wildman–Crippen MR) is 99.3 cm³/mol. The van der Waals surface area contributed by atoms with Crippen LogP contribution in [-0.4, -0.2) is 16.3 Å². The molecule has 0 spiro atoms. The van der Waals surface area contributed by atoms with Crippen molar-refractivity contribution in [3.63, 3.8) is 0 Å². The Morgan fingerprint density at radius 3 is 2.33 bits per heavy atom. The molecule has 0 saturated heterocycles. The fraction of sp³-hybridized carbons (Fsp3) is 0.857. The zero-order valence-corrected chi connectivity index (χ0v) is 15.4. The average molecular weight is 330 g/mol.